The highest BCUT2D eigenvalue weighted by Gasteiger charge is 2.18. The van der Waals surface area contributed by atoms with Crippen LogP contribution >= 0.6 is 0 Å². The first-order valence-electron chi connectivity index (χ1n) is 7.18. The zero-order valence-electron chi connectivity index (χ0n) is 11.8. The Kier molecular flexibility index (Phi) is 3.85. The highest BCUT2D eigenvalue weighted by atomic mass is 16.2. The van der Waals surface area contributed by atoms with Gasteiger partial charge >= 0.3 is 0 Å². The molecule has 1 saturated heterocycles. The Morgan fingerprint density at radius 2 is 1.95 bits per heavy atom. The summed E-state index contributed by atoms with van der Waals surface area (Å²) in [5.41, 5.74) is 1.77. The molecule has 2 aromatic rings. The van der Waals surface area contributed by atoms with Crippen molar-refractivity contribution < 1.29 is 9.59 Å². The summed E-state index contributed by atoms with van der Waals surface area (Å²) in [5.74, 6) is -0.179. The molecule has 1 aliphatic heterocycles. The van der Waals surface area contributed by atoms with Crippen LogP contribution in [0.5, 0.6) is 0 Å². The van der Waals surface area contributed by atoms with Gasteiger partial charge in [0.05, 0.1) is 23.9 Å². The fourth-order valence-electron chi connectivity index (χ4n) is 2.60. The topological polar surface area (TPSA) is 67.2 Å². The lowest BCUT2D eigenvalue weighted by Gasteiger charge is -2.15. The van der Waals surface area contributed by atoms with Crippen molar-refractivity contribution in [1.82, 2.24) is 19.8 Å². The lowest BCUT2D eigenvalue weighted by Crippen LogP contribution is -2.39. The summed E-state index contributed by atoms with van der Waals surface area (Å²) >= 11 is 0. The standard InChI is InChI=1S/C15H18N4O2/c20-14(16-9-15(21)18-7-3-4-8-18)10-19-11-17-12-5-1-2-6-13(12)19/h1-2,5-6,11H,3-4,7-10H2,(H,16,20). The molecule has 3 rings (SSSR count). The van der Waals surface area contributed by atoms with Gasteiger partial charge in [0.2, 0.25) is 11.8 Å². The summed E-state index contributed by atoms with van der Waals surface area (Å²) in [7, 11) is 0. The van der Waals surface area contributed by atoms with Crippen molar-refractivity contribution in [1.29, 1.82) is 0 Å². The first kappa shape index (κ1) is 13.6. The molecule has 0 saturated carbocycles. The number of rotatable bonds is 4. The number of benzene rings is 1. The van der Waals surface area contributed by atoms with Crippen LogP contribution in [0.25, 0.3) is 11.0 Å². The number of para-hydroxylation sites is 2. The molecule has 0 spiro atoms. The largest absolute Gasteiger partial charge is 0.345 e. The average molecular weight is 286 g/mol. The van der Waals surface area contributed by atoms with Crippen molar-refractivity contribution in [3.8, 4) is 0 Å². The molecule has 2 heterocycles. The van der Waals surface area contributed by atoms with Crippen molar-refractivity contribution in [3.05, 3.63) is 30.6 Å². The Bertz CT molecular complexity index is 658. The minimum Gasteiger partial charge on any atom is -0.345 e. The van der Waals surface area contributed by atoms with E-state index in [0.29, 0.717) is 0 Å². The molecule has 0 unspecified atom stereocenters. The number of likely N-dealkylation sites (tertiary alicyclic amines) is 1. The normalized spacial score (nSPS) is 14.6. The molecule has 110 valence electrons. The number of hydrogen-bond acceptors (Lipinski definition) is 3. The molecule has 6 heteroatoms. The quantitative estimate of drug-likeness (QED) is 0.903. The Morgan fingerprint density at radius 3 is 2.76 bits per heavy atom. The van der Waals surface area contributed by atoms with E-state index >= 15 is 0 Å². The van der Waals surface area contributed by atoms with E-state index in [1.807, 2.05) is 24.3 Å². The maximum Gasteiger partial charge on any atom is 0.241 e. The van der Waals surface area contributed by atoms with Gasteiger partial charge in [-0.15, -0.1) is 0 Å². The summed E-state index contributed by atoms with van der Waals surface area (Å²) in [4.78, 5) is 29.8. The predicted octanol–water partition coefficient (Wildman–Crippen LogP) is 0.775. The molecule has 21 heavy (non-hydrogen) atoms. The number of nitrogens with one attached hydrogen (secondary N) is 1. The summed E-state index contributed by atoms with van der Waals surface area (Å²) in [5, 5.41) is 2.68. The Labute approximate surface area is 122 Å². The molecule has 1 N–H and O–H groups in total. The fourth-order valence-corrected chi connectivity index (χ4v) is 2.60. The summed E-state index contributed by atoms with van der Waals surface area (Å²) < 4.78 is 1.78. The molecule has 6 nitrogen and oxygen atoms in total. The van der Waals surface area contributed by atoms with Crippen molar-refractivity contribution >= 4 is 22.8 Å². The van der Waals surface area contributed by atoms with Crippen LogP contribution in [-0.2, 0) is 16.1 Å². The first-order chi connectivity index (χ1) is 10.2. The third-order valence-corrected chi connectivity index (χ3v) is 3.74. The average Bonchev–Trinajstić information content (AvgIpc) is 3.15. The van der Waals surface area contributed by atoms with Crippen molar-refractivity contribution in [2.24, 2.45) is 0 Å². The molecule has 1 aromatic carbocycles. The number of carbonyl (C=O) groups is 2. The Balaban J connectivity index is 1.55. The van der Waals surface area contributed by atoms with E-state index in [2.05, 4.69) is 10.3 Å². The second-order valence-electron chi connectivity index (χ2n) is 5.23. The van der Waals surface area contributed by atoms with Crippen molar-refractivity contribution in [3.63, 3.8) is 0 Å². The number of imidazole rings is 1. The van der Waals surface area contributed by atoms with Gasteiger partial charge in [-0.1, -0.05) is 12.1 Å². The second kappa shape index (κ2) is 5.95. The smallest absolute Gasteiger partial charge is 0.241 e. The van der Waals surface area contributed by atoms with Crippen LogP contribution in [0.2, 0.25) is 0 Å². The van der Waals surface area contributed by atoms with Gasteiger partial charge < -0.3 is 14.8 Å². The van der Waals surface area contributed by atoms with E-state index < -0.39 is 0 Å². The molecule has 2 amide bonds. The van der Waals surface area contributed by atoms with E-state index in [1.165, 1.54) is 0 Å². The third kappa shape index (κ3) is 3.04. The molecular weight excluding hydrogens is 268 g/mol. The summed E-state index contributed by atoms with van der Waals surface area (Å²) in [6, 6.07) is 7.65. The SMILES string of the molecule is O=C(Cn1cnc2ccccc21)NCC(=O)N1CCCC1. The van der Waals surface area contributed by atoms with Gasteiger partial charge in [0.15, 0.2) is 0 Å². The maximum atomic E-state index is 11.9. The molecule has 0 atom stereocenters. The summed E-state index contributed by atoms with van der Waals surface area (Å²) in [6.07, 6.45) is 3.76. The number of hydrogen-bond donors (Lipinski definition) is 1. The van der Waals surface area contributed by atoms with Gasteiger partial charge in [0.25, 0.3) is 0 Å². The molecule has 1 aliphatic rings. The van der Waals surface area contributed by atoms with Crippen LogP contribution in [0, 0.1) is 0 Å². The number of fused-ring (bicyclic) bond motifs is 1. The lowest BCUT2D eigenvalue weighted by atomic mass is 10.3. The second-order valence-corrected chi connectivity index (χ2v) is 5.23. The van der Waals surface area contributed by atoms with E-state index in [0.717, 1.165) is 37.0 Å². The van der Waals surface area contributed by atoms with Gasteiger partial charge in [-0.2, -0.15) is 0 Å². The molecule has 1 aromatic heterocycles. The highest BCUT2D eigenvalue weighted by Crippen LogP contribution is 2.11. The first-order valence-corrected chi connectivity index (χ1v) is 7.18. The zero-order valence-corrected chi connectivity index (χ0v) is 11.8. The Morgan fingerprint density at radius 1 is 1.19 bits per heavy atom. The van der Waals surface area contributed by atoms with E-state index in [4.69, 9.17) is 0 Å². The molecule has 0 bridgehead atoms. The highest BCUT2D eigenvalue weighted by molar-refractivity contribution is 5.85. The van der Waals surface area contributed by atoms with Crippen LogP contribution in [-0.4, -0.2) is 45.9 Å². The van der Waals surface area contributed by atoms with E-state index in [1.54, 1.807) is 15.8 Å². The van der Waals surface area contributed by atoms with Gasteiger partial charge in [-0.05, 0) is 25.0 Å². The number of aromatic nitrogens is 2. The van der Waals surface area contributed by atoms with Crippen molar-refractivity contribution in [2.45, 2.75) is 19.4 Å². The van der Waals surface area contributed by atoms with Crippen LogP contribution in [0.3, 0.4) is 0 Å². The monoisotopic (exact) mass is 286 g/mol. The molecule has 0 radical (unpaired) electrons. The van der Waals surface area contributed by atoms with Crippen LogP contribution in [0.1, 0.15) is 12.8 Å². The predicted molar refractivity (Wildman–Crippen MR) is 78.6 cm³/mol. The number of carbonyl (C=O) groups excluding carboxylic acids is 2. The van der Waals surface area contributed by atoms with E-state index in [9.17, 15) is 9.59 Å². The van der Waals surface area contributed by atoms with Crippen LogP contribution < -0.4 is 5.32 Å². The van der Waals surface area contributed by atoms with Gasteiger partial charge in [-0.3, -0.25) is 9.59 Å². The summed E-state index contributed by atoms with van der Waals surface area (Å²) in [6.45, 7) is 1.86. The minimum absolute atomic E-state index is 0.00339. The van der Waals surface area contributed by atoms with Gasteiger partial charge in [-0.25, -0.2) is 4.98 Å². The molecule has 1 fully saturated rings. The zero-order chi connectivity index (χ0) is 14.7. The van der Waals surface area contributed by atoms with Crippen LogP contribution in [0.15, 0.2) is 30.6 Å². The molecule has 0 aliphatic carbocycles. The van der Waals surface area contributed by atoms with Crippen LogP contribution in [0.4, 0.5) is 0 Å². The third-order valence-electron chi connectivity index (χ3n) is 3.74. The lowest BCUT2D eigenvalue weighted by molar-refractivity contribution is -0.132. The van der Waals surface area contributed by atoms with Gasteiger partial charge in [0.1, 0.15) is 6.54 Å². The Hall–Kier alpha value is -2.37. The minimum atomic E-state index is -0.175. The number of amides is 2. The maximum absolute atomic E-state index is 11.9. The number of nitrogens with zero attached hydrogens (tertiary/aromatic N) is 3. The van der Waals surface area contributed by atoms with E-state index in [-0.39, 0.29) is 24.9 Å². The van der Waals surface area contributed by atoms with Gasteiger partial charge in [0, 0.05) is 13.1 Å². The van der Waals surface area contributed by atoms with Crippen molar-refractivity contribution in [2.75, 3.05) is 19.6 Å². The molecular formula is C15H18N4O2. The fraction of sp³-hybridized carbons (Fsp3) is 0.400.